The monoisotopic (exact) mass is 367 g/mol. The van der Waals surface area contributed by atoms with Crippen molar-refractivity contribution in [3.63, 3.8) is 0 Å². The molecule has 1 radical (unpaired) electrons. The summed E-state index contributed by atoms with van der Waals surface area (Å²) in [5.41, 5.74) is 0. The average molecular weight is 366 g/mol. The van der Waals surface area contributed by atoms with E-state index in [9.17, 15) is 0 Å². The molecule has 0 aliphatic carbocycles. The molecule has 0 fully saturated rings. The molecule has 3 nitrogen and oxygen atoms in total. The summed E-state index contributed by atoms with van der Waals surface area (Å²) in [4.78, 5) is 0. The van der Waals surface area contributed by atoms with Gasteiger partial charge in [0.2, 0.25) is 0 Å². The molecule has 0 rings (SSSR count). The number of rotatable bonds is 0. The zero-order chi connectivity index (χ0) is 3.58. The fourth-order valence-electron chi connectivity index (χ4n) is 0. The van der Waals surface area contributed by atoms with Crippen molar-refractivity contribution >= 4 is 94.6 Å². The second-order valence-electron chi connectivity index (χ2n) is 0.231. The van der Waals surface area contributed by atoms with E-state index in [1.54, 1.807) is 0 Å². The van der Waals surface area contributed by atoms with Gasteiger partial charge in [-0.2, -0.15) is 4.21 Å². The van der Waals surface area contributed by atoms with E-state index >= 15 is 0 Å². The summed E-state index contributed by atoms with van der Waals surface area (Å²) in [6.45, 7) is 0. The molecule has 0 amide bonds. The Labute approximate surface area is 152 Å². The summed E-state index contributed by atoms with van der Waals surface area (Å²) in [7, 11) is 0. The zero-order valence-corrected chi connectivity index (χ0v) is 5.33. The minimum atomic E-state index is -2.61. The maximum absolute atomic E-state index is 8.67. The zero-order valence-electron chi connectivity index (χ0n) is 2.09. The van der Waals surface area contributed by atoms with E-state index in [0.29, 0.717) is 0 Å². The van der Waals surface area contributed by atoms with Gasteiger partial charge in [-0.25, -0.2) is 0 Å². The van der Waals surface area contributed by atoms with Gasteiger partial charge in [-0.05, 0) is 0 Å². The molecular weight excluding hydrogens is 360 g/mol. The summed E-state index contributed by atoms with van der Waals surface area (Å²) >= 11 is -2.61. The van der Waals surface area contributed by atoms with Gasteiger partial charge in [0.25, 0.3) is 11.4 Å². The van der Waals surface area contributed by atoms with Crippen LogP contribution in [0.4, 0.5) is 0 Å². The molecule has 0 heterocycles. The van der Waals surface area contributed by atoms with Crippen molar-refractivity contribution in [2.45, 2.75) is 0 Å². The maximum atomic E-state index is 8.67. The van der Waals surface area contributed by atoms with Gasteiger partial charge < -0.3 is 0 Å². The molecule has 0 aromatic heterocycles. The molecule has 7 heteroatoms. The van der Waals surface area contributed by atoms with Crippen LogP contribution in [0.1, 0.15) is 0 Å². The average Bonchev–Trinajstić information content (AvgIpc) is 0.811. The van der Waals surface area contributed by atoms with Gasteiger partial charge >= 0.3 is 83.2 Å². The van der Waals surface area contributed by atoms with Crippen LogP contribution in [0.3, 0.4) is 0 Å². The predicted molar refractivity (Wildman–Crippen MR) is 30.5 cm³/mol. The molecule has 0 atom stereocenters. The topological polar surface area (TPSA) is 57.5 Å². The van der Waals surface area contributed by atoms with Crippen molar-refractivity contribution in [1.82, 2.24) is 0 Å². The number of hydrogen-bond acceptors (Lipinski definition) is 1. The molecular formula is H6CaEuO3SSr. The van der Waals surface area contributed by atoms with Crippen molar-refractivity contribution in [2.75, 3.05) is 0 Å². The first-order valence-corrected chi connectivity index (χ1v) is 1.60. The summed E-state index contributed by atoms with van der Waals surface area (Å²) in [5.74, 6) is 0. The van der Waals surface area contributed by atoms with Crippen LogP contribution in [0.25, 0.3) is 0 Å². The van der Waals surface area contributed by atoms with Crippen molar-refractivity contribution in [3.05, 3.63) is 0 Å². The molecule has 0 aromatic rings. The summed E-state index contributed by atoms with van der Waals surface area (Å²) < 4.78 is 22.8. The molecule has 0 spiro atoms. The summed E-state index contributed by atoms with van der Waals surface area (Å²) in [6.07, 6.45) is 0. The Bertz CT molecular complexity index is 37.9. The van der Waals surface area contributed by atoms with E-state index < -0.39 is 11.4 Å². The van der Waals surface area contributed by atoms with Crippen LogP contribution >= 0.6 is 0 Å². The van der Waals surface area contributed by atoms with Gasteiger partial charge in [-0.3, -0.25) is 9.11 Å². The predicted octanol–water partition coefficient (Wildman–Crippen LogP) is -2.15. The summed E-state index contributed by atoms with van der Waals surface area (Å²) in [5, 5.41) is 0. The Morgan fingerprint density at radius 1 is 1.29 bits per heavy atom. The van der Waals surface area contributed by atoms with E-state index in [1.165, 1.54) is 0 Å². The van der Waals surface area contributed by atoms with Crippen LogP contribution in [-0.2, 0) is 11.4 Å². The third-order valence-corrected chi connectivity index (χ3v) is 0. The molecule has 2 N–H and O–H groups in total. The van der Waals surface area contributed by atoms with Crippen molar-refractivity contribution in [3.8, 4) is 0 Å². The van der Waals surface area contributed by atoms with Gasteiger partial charge in [0.05, 0.1) is 0 Å². The van der Waals surface area contributed by atoms with Crippen molar-refractivity contribution in [1.29, 1.82) is 0 Å². The van der Waals surface area contributed by atoms with Crippen LogP contribution in [0.2, 0.25) is 0 Å². The quantitative estimate of drug-likeness (QED) is 0.380. The Hall–Kier alpha value is 4.39. The molecule has 0 aliphatic rings. The Morgan fingerprint density at radius 3 is 1.29 bits per heavy atom. The van der Waals surface area contributed by atoms with E-state index in [2.05, 4.69) is 0 Å². The first kappa shape index (κ1) is 22.5. The van der Waals surface area contributed by atoms with Crippen molar-refractivity contribution < 1.29 is 62.7 Å². The Balaban J connectivity index is -0.0000000150. The Morgan fingerprint density at radius 2 is 1.29 bits per heavy atom. The molecule has 41 valence electrons. The van der Waals surface area contributed by atoms with Gasteiger partial charge in [0.15, 0.2) is 0 Å². The van der Waals surface area contributed by atoms with Gasteiger partial charge in [0.1, 0.15) is 0 Å². The van der Waals surface area contributed by atoms with Crippen LogP contribution in [0, 0.1) is 49.4 Å². The van der Waals surface area contributed by atoms with Gasteiger partial charge in [-0.15, -0.1) is 0 Å². The SMILES string of the molecule is O=S(O)O.[CaH2].[Eu].[SrH2]. The second-order valence-corrected chi connectivity index (χ2v) is 0.692. The Kier molecular flexibility index (Phi) is 54.0. The van der Waals surface area contributed by atoms with Gasteiger partial charge in [0, 0.05) is 49.4 Å². The molecule has 0 saturated heterocycles. The van der Waals surface area contributed by atoms with E-state index in [4.69, 9.17) is 13.3 Å². The first-order valence-electron chi connectivity index (χ1n) is 0.532. The molecule has 0 aliphatic heterocycles. The van der Waals surface area contributed by atoms with E-state index in [1.807, 2.05) is 0 Å². The van der Waals surface area contributed by atoms with Crippen LogP contribution in [0.15, 0.2) is 0 Å². The van der Waals surface area contributed by atoms with Crippen LogP contribution < -0.4 is 0 Å². The standard InChI is InChI=1S/Ca.Eu.H2O3S.Sr.4H/c;;1-4(2)3;;;;;/h;;(H2,1,2,3);;;;;. The molecule has 0 bridgehead atoms. The van der Waals surface area contributed by atoms with E-state index in [-0.39, 0.29) is 133 Å². The fourth-order valence-corrected chi connectivity index (χ4v) is 0. The molecule has 0 unspecified atom stereocenters. The first-order chi connectivity index (χ1) is 1.73. The van der Waals surface area contributed by atoms with Crippen LogP contribution in [-0.4, -0.2) is 96.5 Å². The van der Waals surface area contributed by atoms with Crippen molar-refractivity contribution in [2.24, 2.45) is 0 Å². The third kappa shape index (κ3) is 37.9. The minimum absolute atomic E-state index is 0. The molecule has 0 saturated carbocycles. The molecule has 7 heavy (non-hydrogen) atoms. The summed E-state index contributed by atoms with van der Waals surface area (Å²) in [6, 6.07) is 0. The van der Waals surface area contributed by atoms with Gasteiger partial charge in [-0.1, -0.05) is 0 Å². The van der Waals surface area contributed by atoms with E-state index in [0.717, 1.165) is 0 Å². The third-order valence-electron chi connectivity index (χ3n) is 0. The fraction of sp³-hybridized carbons (Fsp3) is 0. The normalized spacial score (nSPS) is 5.00. The second kappa shape index (κ2) is 16.8. The van der Waals surface area contributed by atoms with Crippen LogP contribution in [0.5, 0.6) is 0 Å². The molecule has 0 aromatic carbocycles. The number of hydrogen-bond donors (Lipinski definition) is 2.